The van der Waals surface area contributed by atoms with Gasteiger partial charge < -0.3 is 25.8 Å². The zero-order valence-corrected chi connectivity index (χ0v) is 10.7. The third-order valence-corrected chi connectivity index (χ3v) is 3.34. The molecule has 7 nitrogen and oxygen atoms in total. The molecule has 0 aromatic heterocycles. The molecule has 0 spiro atoms. The Morgan fingerprint density at radius 3 is 3.00 bits per heavy atom. The van der Waals surface area contributed by atoms with Crippen LogP contribution in [0.3, 0.4) is 0 Å². The number of hydrogen-bond acceptors (Lipinski definition) is 5. The van der Waals surface area contributed by atoms with Crippen molar-refractivity contribution in [1.82, 2.24) is 0 Å². The molecule has 2 amide bonds. The van der Waals surface area contributed by atoms with Gasteiger partial charge in [-0.2, -0.15) is 0 Å². The SMILES string of the molecule is NC1COCC1C(=O)Nc1ccc2c(c1)NC(=O)CO2. The zero-order valence-electron chi connectivity index (χ0n) is 10.7. The van der Waals surface area contributed by atoms with Crippen molar-refractivity contribution in [2.24, 2.45) is 11.7 Å². The molecule has 7 heteroatoms. The number of carbonyl (C=O) groups is 2. The van der Waals surface area contributed by atoms with Crippen LogP contribution in [0.2, 0.25) is 0 Å². The number of rotatable bonds is 2. The fourth-order valence-electron chi connectivity index (χ4n) is 2.24. The number of benzene rings is 1. The minimum Gasteiger partial charge on any atom is -0.482 e. The van der Waals surface area contributed by atoms with Crippen molar-refractivity contribution in [3.8, 4) is 5.75 Å². The molecule has 106 valence electrons. The van der Waals surface area contributed by atoms with E-state index in [1.807, 2.05) is 0 Å². The third-order valence-electron chi connectivity index (χ3n) is 3.34. The average molecular weight is 277 g/mol. The van der Waals surface area contributed by atoms with E-state index in [1.54, 1.807) is 18.2 Å². The first kappa shape index (κ1) is 12.9. The van der Waals surface area contributed by atoms with Crippen LogP contribution >= 0.6 is 0 Å². The van der Waals surface area contributed by atoms with E-state index in [1.165, 1.54) is 0 Å². The van der Waals surface area contributed by atoms with Gasteiger partial charge in [0.2, 0.25) is 5.91 Å². The Morgan fingerprint density at radius 1 is 1.40 bits per heavy atom. The number of fused-ring (bicyclic) bond motifs is 1. The van der Waals surface area contributed by atoms with Crippen LogP contribution in [-0.2, 0) is 14.3 Å². The number of hydrogen-bond donors (Lipinski definition) is 3. The summed E-state index contributed by atoms with van der Waals surface area (Å²) >= 11 is 0. The third kappa shape index (κ3) is 2.45. The molecule has 0 bridgehead atoms. The molecule has 0 radical (unpaired) electrons. The van der Waals surface area contributed by atoms with E-state index in [0.29, 0.717) is 30.3 Å². The van der Waals surface area contributed by atoms with Crippen LogP contribution in [0.5, 0.6) is 5.75 Å². The smallest absolute Gasteiger partial charge is 0.262 e. The number of carbonyl (C=O) groups excluding carboxylic acids is 2. The monoisotopic (exact) mass is 277 g/mol. The summed E-state index contributed by atoms with van der Waals surface area (Å²) in [6.45, 7) is 0.733. The molecule has 2 unspecified atom stereocenters. The zero-order chi connectivity index (χ0) is 14.1. The van der Waals surface area contributed by atoms with Crippen LogP contribution in [0.4, 0.5) is 11.4 Å². The normalized spacial score (nSPS) is 24.6. The lowest BCUT2D eigenvalue weighted by molar-refractivity contribution is -0.120. The van der Waals surface area contributed by atoms with E-state index >= 15 is 0 Å². The van der Waals surface area contributed by atoms with Gasteiger partial charge >= 0.3 is 0 Å². The fraction of sp³-hybridized carbons (Fsp3) is 0.385. The summed E-state index contributed by atoms with van der Waals surface area (Å²) in [4.78, 5) is 23.3. The van der Waals surface area contributed by atoms with Gasteiger partial charge in [0.05, 0.1) is 24.8 Å². The lowest BCUT2D eigenvalue weighted by Crippen LogP contribution is -2.37. The van der Waals surface area contributed by atoms with Crippen molar-refractivity contribution in [3.05, 3.63) is 18.2 Å². The summed E-state index contributed by atoms with van der Waals surface area (Å²) in [6.07, 6.45) is 0. The molecule has 3 rings (SSSR count). The lowest BCUT2D eigenvalue weighted by Gasteiger charge is -2.19. The molecule has 1 aromatic carbocycles. The van der Waals surface area contributed by atoms with E-state index in [4.69, 9.17) is 15.2 Å². The maximum Gasteiger partial charge on any atom is 0.262 e. The Hall–Kier alpha value is -2.12. The van der Waals surface area contributed by atoms with Crippen molar-refractivity contribution in [2.45, 2.75) is 6.04 Å². The maximum absolute atomic E-state index is 12.1. The van der Waals surface area contributed by atoms with Crippen LogP contribution in [0.15, 0.2) is 18.2 Å². The predicted octanol–water partition coefficient (Wildman–Crippen LogP) is -0.0703. The largest absolute Gasteiger partial charge is 0.482 e. The summed E-state index contributed by atoms with van der Waals surface area (Å²) in [5, 5.41) is 5.46. The van der Waals surface area contributed by atoms with Crippen LogP contribution in [0, 0.1) is 5.92 Å². The number of ether oxygens (including phenoxy) is 2. The Morgan fingerprint density at radius 2 is 2.25 bits per heavy atom. The van der Waals surface area contributed by atoms with Gasteiger partial charge in [-0.05, 0) is 18.2 Å². The van der Waals surface area contributed by atoms with Crippen molar-refractivity contribution < 1.29 is 19.1 Å². The van der Waals surface area contributed by atoms with Crippen LogP contribution in [0.1, 0.15) is 0 Å². The quantitative estimate of drug-likeness (QED) is 0.702. The van der Waals surface area contributed by atoms with Crippen molar-refractivity contribution in [2.75, 3.05) is 30.5 Å². The second kappa shape index (κ2) is 5.10. The summed E-state index contributed by atoms with van der Waals surface area (Å²) in [5.74, 6) is -0.162. The Labute approximate surface area is 115 Å². The first-order chi connectivity index (χ1) is 9.63. The van der Waals surface area contributed by atoms with Gasteiger partial charge in [-0.3, -0.25) is 9.59 Å². The van der Waals surface area contributed by atoms with Crippen LogP contribution in [0.25, 0.3) is 0 Å². The Kier molecular flexibility index (Phi) is 3.29. The van der Waals surface area contributed by atoms with Gasteiger partial charge in [0.25, 0.3) is 5.91 Å². The van der Waals surface area contributed by atoms with Crippen LogP contribution in [-0.4, -0.2) is 37.7 Å². The van der Waals surface area contributed by atoms with Gasteiger partial charge in [-0.25, -0.2) is 0 Å². The van der Waals surface area contributed by atoms with Gasteiger partial charge in [0, 0.05) is 11.7 Å². The highest BCUT2D eigenvalue weighted by atomic mass is 16.5. The molecule has 0 aliphatic carbocycles. The number of nitrogens with one attached hydrogen (secondary N) is 2. The van der Waals surface area contributed by atoms with Gasteiger partial charge in [0.15, 0.2) is 6.61 Å². The Bertz CT molecular complexity index is 561. The Balaban J connectivity index is 1.73. The van der Waals surface area contributed by atoms with Gasteiger partial charge in [0.1, 0.15) is 5.75 Å². The molecule has 1 fully saturated rings. The molecule has 4 N–H and O–H groups in total. The number of amides is 2. The molecule has 1 aromatic rings. The standard InChI is InChI=1S/C13H15N3O4/c14-9-5-19-4-8(9)13(18)15-7-1-2-11-10(3-7)16-12(17)6-20-11/h1-3,8-9H,4-6,14H2,(H,15,18)(H,16,17). The highest BCUT2D eigenvalue weighted by molar-refractivity contribution is 5.98. The second-order valence-electron chi connectivity index (χ2n) is 4.84. The first-order valence-corrected chi connectivity index (χ1v) is 6.34. The highest BCUT2D eigenvalue weighted by Gasteiger charge is 2.31. The van der Waals surface area contributed by atoms with E-state index in [9.17, 15) is 9.59 Å². The van der Waals surface area contributed by atoms with Gasteiger partial charge in [-0.1, -0.05) is 0 Å². The molecular weight excluding hydrogens is 262 g/mol. The predicted molar refractivity (Wildman–Crippen MR) is 71.5 cm³/mol. The van der Waals surface area contributed by atoms with E-state index in [2.05, 4.69) is 10.6 Å². The van der Waals surface area contributed by atoms with Crippen molar-refractivity contribution in [3.63, 3.8) is 0 Å². The molecule has 0 saturated carbocycles. The average Bonchev–Trinajstić information content (AvgIpc) is 2.84. The van der Waals surface area contributed by atoms with Crippen LogP contribution < -0.4 is 21.1 Å². The molecule has 2 atom stereocenters. The second-order valence-corrected chi connectivity index (χ2v) is 4.84. The molecule has 20 heavy (non-hydrogen) atoms. The topological polar surface area (TPSA) is 103 Å². The fourth-order valence-corrected chi connectivity index (χ4v) is 2.24. The maximum atomic E-state index is 12.1. The lowest BCUT2D eigenvalue weighted by atomic mass is 10.0. The summed E-state index contributed by atoms with van der Waals surface area (Å²) in [5.41, 5.74) is 6.93. The number of anilines is 2. The number of nitrogens with two attached hydrogens (primary N) is 1. The molecule has 2 heterocycles. The minimum atomic E-state index is -0.350. The summed E-state index contributed by atoms with van der Waals surface area (Å²) in [7, 11) is 0. The summed E-state index contributed by atoms with van der Waals surface area (Å²) < 4.78 is 10.4. The van der Waals surface area contributed by atoms with E-state index in [0.717, 1.165) is 0 Å². The van der Waals surface area contributed by atoms with Crippen molar-refractivity contribution >= 4 is 23.2 Å². The van der Waals surface area contributed by atoms with Crippen molar-refractivity contribution in [1.29, 1.82) is 0 Å². The molecular formula is C13H15N3O4. The molecule has 2 aliphatic heterocycles. The van der Waals surface area contributed by atoms with E-state index < -0.39 is 0 Å². The first-order valence-electron chi connectivity index (χ1n) is 6.34. The molecule has 1 saturated heterocycles. The highest BCUT2D eigenvalue weighted by Crippen LogP contribution is 2.30. The van der Waals surface area contributed by atoms with E-state index in [-0.39, 0.29) is 30.4 Å². The summed E-state index contributed by atoms with van der Waals surface area (Å²) in [6, 6.07) is 4.80. The minimum absolute atomic E-state index is 0.00692. The van der Waals surface area contributed by atoms with Gasteiger partial charge in [-0.15, -0.1) is 0 Å². The molecule has 2 aliphatic rings.